The lowest BCUT2D eigenvalue weighted by atomic mass is 10.1. The number of thiophene rings is 1. The van der Waals surface area contributed by atoms with E-state index in [9.17, 15) is 4.79 Å². The van der Waals surface area contributed by atoms with Crippen LogP contribution in [0, 0.1) is 6.92 Å². The number of amides is 1. The van der Waals surface area contributed by atoms with E-state index in [2.05, 4.69) is 20.5 Å². The highest BCUT2D eigenvalue weighted by molar-refractivity contribution is 8.00. The van der Waals surface area contributed by atoms with Crippen molar-refractivity contribution in [3.05, 3.63) is 52.2 Å². The third-order valence-corrected chi connectivity index (χ3v) is 5.30. The number of hydrogen-bond acceptors (Lipinski definition) is 5. The van der Waals surface area contributed by atoms with Gasteiger partial charge in [0.2, 0.25) is 11.1 Å². The lowest BCUT2D eigenvalue weighted by Gasteiger charge is -2.09. The maximum Gasteiger partial charge on any atom is 0.233 e. The maximum absolute atomic E-state index is 12.2. The van der Waals surface area contributed by atoms with Gasteiger partial charge in [-0.15, -0.1) is 16.4 Å². The molecule has 0 unspecified atom stereocenters. The molecule has 3 aromatic rings. The maximum atomic E-state index is 12.2. The van der Waals surface area contributed by atoms with E-state index in [0.29, 0.717) is 17.5 Å². The van der Waals surface area contributed by atoms with Gasteiger partial charge in [-0.3, -0.25) is 9.89 Å². The first kappa shape index (κ1) is 16.7. The Kier molecular flexibility index (Phi) is 5.32. The number of hydrogen-bond donors (Lipinski definition) is 2. The number of carbonyl (C=O) groups is 1. The molecule has 0 spiro atoms. The van der Waals surface area contributed by atoms with Gasteiger partial charge in [-0.2, -0.15) is 0 Å². The molecule has 1 amide bonds. The van der Waals surface area contributed by atoms with Crippen molar-refractivity contribution < 1.29 is 4.79 Å². The first-order valence-electron chi connectivity index (χ1n) is 7.58. The number of nitrogens with zero attached hydrogens (tertiary/aromatic N) is 2. The van der Waals surface area contributed by atoms with Crippen LogP contribution in [0.25, 0.3) is 11.4 Å². The molecule has 0 aliphatic heterocycles. The van der Waals surface area contributed by atoms with Crippen LogP contribution >= 0.6 is 23.1 Å². The van der Waals surface area contributed by atoms with Crippen molar-refractivity contribution in [3.63, 3.8) is 0 Å². The normalized spacial score (nSPS) is 12.1. The summed E-state index contributed by atoms with van der Waals surface area (Å²) in [5.74, 6) is 0.693. The molecule has 2 N–H and O–H groups in total. The van der Waals surface area contributed by atoms with Crippen LogP contribution in [0.5, 0.6) is 0 Å². The van der Waals surface area contributed by atoms with Gasteiger partial charge in [0.1, 0.15) is 0 Å². The molecule has 5 nitrogen and oxygen atoms in total. The Bertz CT molecular complexity index is 796. The molecule has 0 aliphatic rings. The van der Waals surface area contributed by atoms with Gasteiger partial charge in [0.15, 0.2) is 5.82 Å². The zero-order valence-corrected chi connectivity index (χ0v) is 15.1. The predicted octanol–water partition coefficient (Wildman–Crippen LogP) is 3.64. The third kappa shape index (κ3) is 4.24. The predicted molar refractivity (Wildman–Crippen MR) is 98.0 cm³/mol. The monoisotopic (exact) mass is 358 g/mol. The summed E-state index contributed by atoms with van der Waals surface area (Å²) in [6.07, 6.45) is 0. The van der Waals surface area contributed by atoms with Crippen LogP contribution in [0.15, 0.2) is 46.9 Å². The van der Waals surface area contributed by atoms with Crippen molar-refractivity contribution >= 4 is 29.0 Å². The summed E-state index contributed by atoms with van der Waals surface area (Å²) in [5.41, 5.74) is 2.18. The Morgan fingerprint density at radius 3 is 2.83 bits per heavy atom. The molecule has 0 bridgehead atoms. The number of nitrogens with one attached hydrogen (secondary N) is 2. The Labute approximate surface area is 148 Å². The van der Waals surface area contributed by atoms with Gasteiger partial charge in [0.25, 0.3) is 0 Å². The minimum absolute atomic E-state index is 0.0184. The zero-order valence-electron chi connectivity index (χ0n) is 13.4. The van der Waals surface area contributed by atoms with Gasteiger partial charge in [-0.1, -0.05) is 47.7 Å². The van der Waals surface area contributed by atoms with Gasteiger partial charge >= 0.3 is 0 Å². The van der Waals surface area contributed by atoms with E-state index < -0.39 is 0 Å². The van der Waals surface area contributed by atoms with Gasteiger partial charge < -0.3 is 5.32 Å². The molecule has 0 aliphatic carbocycles. The molecule has 0 saturated heterocycles. The first-order chi connectivity index (χ1) is 11.6. The molecular weight excluding hydrogens is 340 g/mol. The van der Waals surface area contributed by atoms with Crippen LogP contribution < -0.4 is 5.32 Å². The second-order valence-electron chi connectivity index (χ2n) is 5.39. The standard InChI is InChI=1S/C17H18N4OS2/c1-11-5-7-13(8-6-11)15-19-17(21-20-15)24-12(2)16(22)18-10-14-4-3-9-23-14/h3-9,12H,10H2,1-2H3,(H,18,22)(H,19,20,21)/t12-/m0/s1. The molecule has 7 heteroatoms. The highest BCUT2D eigenvalue weighted by Gasteiger charge is 2.17. The Hall–Kier alpha value is -2.12. The third-order valence-electron chi connectivity index (χ3n) is 3.46. The molecule has 1 aromatic carbocycles. The smallest absolute Gasteiger partial charge is 0.233 e. The summed E-state index contributed by atoms with van der Waals surface area (Å²) in [7, 11) is 0. The number of thioether (sulfide) groups is 1. The van der Waals surface area contributed by atoms with Gasteiger partial charge in [-0.25, -0.2) is 4.98 Å². The highest BCUT2D eigenvalue weighted by atomic mass is 32.2. The summed E-state index contributed by atoms with van der Waals surface area (Å²) in [6, 6.07) is 12.1. The fraction of sp³-hybridized carbons (Fsp3) is 0.235. The van der Waals surface area contributed by atoms with Crippen molar-refractivity contribution in [1.29, 1.82) is 0 Å². The molecule has 0 saturated carbocycles. The lowest BCUT2D eigenvalue weighted by Crippen LogP contribution is -2.30. The summed E-state index contributed by atoms with van der Waals surface area (Å²) < 4.78 is 0. The van der Waals surface area contributed by atoms with E-state index in [4.69, 9.17) is 0 Å². The van der Waals surface area contributed by atoms with Crippen molar-refractivity contribution in [3.8, 4) is 11.4 Å². The van der Waals surface area contributed by atoms with Crippen LogP contribution in [0.2, 0.25) is 0 Å². The summed E-state index contributed by atoms with van der Waals surface area (Å²) in [4.78, 5) is 17.8. The molecular formula is C17H18N4OS2. The first-order valence-corrected chi connectivity index (χ1v) is 9.34. The number of H-pyrrole nitrogens is 1. The van der Waals surface area contributed by atoms with Crippen molar-refractivity contribution in [2.24, 2.45) is 0 Å². The van der Waals surface area contributed by atoms with Crippen LogP contribution in [0.4, 0.5) is 0 Å². The molecule has 3 rings (SSSR count). The van der Waals surface area contributed by atoms with E-state index in [1.807, 2.05) is 55.6 Å². The van der Waals surface area contributed by atoms with Crippen molar-refractivity contribution in [2.45, 2.75) is 30.8 Å². The molecule has 24 heavy (non-hydrogen) atoms. The largest absolute Gasteiger partial charge is 0.350 e. The SMILES string of the molecule is Cc1ccc(-c2nc(S[C@@H](C)C(=O)NCc3cccs3)n[nH]2)cc1. The molecule has 124 valence electrons. The summed E-state index contributed by atoms with van der Waals surface area (Å²) in [5, 5.41) is 12.4. The highest BCUT2D eigenvalue weighted by Crippen LogP contribution is 2.23. The van der Waals surface area contributed by atoms with Gasteiger partial charge in [0, 0.05) is 10.4 Å². The van der Waals surface area contributed by atoms with E-state index >= 15 is 0 Å². The number of rotatable bonds is 6. The van der Waals surface area contributed by atoms with Gasteiger partial charge in [0.05, 0.1) is 11.8 Å². The Morgan fingerprint density at radius 1 is 1.33 bits per heavy atom. The topological polar surface area (TPSA) is 70.7 Å². The second-order valence-corrected chi connectivity index (χ2v) is 7.73. The minimum Gasteiger partial charge on any atom is -0.350 e. The zero-order chi connectivity index (χ0) is 16.9. The molecule has 2 aromatic heterocycles. The fourth-order valence-corrected chi connectivity index (χ4v) is 3.48. The average molecular weight is 358 g/mol. The molecule has 1 atom stereocenters. The summed E-state index contributed by atoms with van der Waals surface area (Å²) >= 11 is 2.98. The summed E-state index contributed by atoms with van der Waals surface area (Å²) in [6.45, 7) is 4.46. The molecule has 2 heterocycles. The van der Waals surface area contributed by atoms with E-state index in [1.54, 1.807) is 11.3 Å². The van der Waals surface area contributed by atoms with Gasteiger partial charge in [-0.05, 0) is 25.3 Å². The van der Waals surface area contributed by atoms with Crippen molar-refractivity contribution in [2.75, 3.05) is 0 Å². The number of aromatic amines is 1. The van der Waals surface area contributed by atoms with E-state index in [-0.39, 0.29) is 11.2 Å². The Morgan fingerprint density at radius 2 is 2.12 bits per heavy atom. The number of carbonyl (C=O) groups excluding carboxylic acids is 1. The molecule has 0 radical (unpaired) electrons. The fourth-order valence-electron chi connectivity index (χ4n) is 2.08. The lowest BCUT2D eigenvalue weighted by molar-refractivity contribution is -0.120. The number of aryl methyl sites for hydroxylation is 1. The Balaban J connectivity index is 1.57. The number of aromatic nitrogens is 3. The molecule has 0 fully saturated rings. The quantitative estimate of drug-likeness (QED) is 0.660. The minimum atomic E-state index is -0.258. The van der Waals surface area contributed by atoms with Crippen LogP contribution in [-0.2, 0) is 11.3 Å². The van der Waals surface area contributed by atoms with Crippen LogP contribution in [-0.4, -0.2) is 26.3 Å². The van der Waals surface area contributed by atoms with E-state index in [0.717, 1.165) is 10.4 Å². The van der Waals surface area contributed by atoms with Crippen LogP contribution in [0.1, 0.15) is 17.4 Å². The van der Waals surface area contributed by atoms with Crippen molar-refractivity contribution in [1.82, 2.24) is 20.5 Å². The van der Waals surface area contributed by atoms with E-state index in [1.165, 1.54) is 17.3 Å². The average Bonchev–Trinajstić information content (AvgIpc) is 3.25. The number of benzene rings is 1. The van der Waals surface area contributed by atoms with Crippen LogP contribution in [0.3, 0.4) is 0 Å². The second kappa shape index (κ2) is 7.63.